The fourth-order valence-corrected chi connectivity index (χ4v) is 2.26. The predicted molar refractivity (Wildman–Crippen MR) is 77.4 cm³/mol. The van der Waals surface area contributed by atoms with E-state index >= 15 is 0 Å². The van der Waals surface area contributed by atoms with Gasteiger partial charge in [0.2, 0.25) is 0 Å². The van der Waals surface area contributed by atoms with Crippen LogP contribution in [0.5, 0.6) is 0 Å². The van der Waals surface area contributed by atoms with Crippen molar-refractivity contribution in [3.05, 3.63) is 52.9 Å². The van der Waals surface area contributed by atoms with Crippen molar-refractivity contribution in [2.75, 3.05) is 5.32 Å². The fourth-order valence-electron chi connectivity index (χ4n) is 2.04. The van der Waals surface area contributed by atoms with Gasteiger partial charge in [-0.3, -0.25) is 0 Å². The van der Waals surface area contributed by atoms with E-state index in [1.165, 1.54) is 0 Å². The zero-order chi connectivity index (χ0) is 13.2. The van der Waals surface area contributed by atoms with E-state index in [1.807, 2.05) is 37.3 Å². The molecule has 0 spiro atoms. The van der Waals surface area contributed by atoms with E-state index in [9.17, 15) is 0 Å². The van der Waals surface area contributed by atoms with Gasteiger partial charge in [-0.1, -0.05) is 23.7 Å². The molecule has 0 aliphatic carbocycles. The third-order valence-electron chi connectivity index (χ3n) is 2.91. The molecule has 5 heteroatoms. The molecule has 0 atom stereocenters. The van der Waals surface area contributed by atoms with E-state index in [2.05, 4.69) is 20.3 Å². The molecule has 3 rings (SSSR count). The second-order valence-corrected chi connectivity index (χ2v) is 4.86. The largest absolute Gasteiger partial charge is 0.365 e. The maximum absolute atomic E-state index is 5.97. The number of aromatic nitrogens is 3. The summed E-state index contributed by atoms with van der Waals surface area (Å²) in [4.78, 5) is 11.7. The molecule has 0 bridgehead atoms. The summed E-state index contributed by atoms with van der Waals surface area (Å²) < 4.78 is 0. The molecule has 0 radical (unpaired) electrons. The number of rotatable bonds is 3. The maximum Gasteiger partial charge on any atom is 0.143 e. The Bertz CT molecular complexity index is 720. The third kappa shape index (κ3) is 2.53. The molecule has 0 aliphatic heterocycles. The first-order chi connectivity index (χ1) is 9.22. The van der Waals surface area contributed by atoms with Crippen molar-refractivity contribution in [2.45, 2.75) is 13.5 Å². The summed E-state index contributed by atoms with van der Waals surface area (Å²) in [6.45, 7) is 2.68. The van der Waals surface area contributed by atoms with Crippen molar-refractivity contribution in [1.29, 1.82) is 0 Å². The van der Waals surface area contributed by atoms with Gasteiger partial charge in [-0.2, -0.15) is 0 Å². The molecule has 2 N–H and O–H groups in total. The molecule has 4 nitrogen and oxygen atoms in total. The number of nitrogens with one attached hydrogen (secondary N) is 2. The van der Waals surface area contributed by atoms with Gasteiger partial charge in [0.05, 0.1) is 5.39 Å². The first kappa shape index (κ1) is 12.0. The molecule has 2 heterocycles. The van der Waals surface area contributed by atoms with Gasteiger partial charge in [0.25, 0.3) is 0 Å². The molecule has 2 aromatic heterocycles. The van der Waals surface area contributed by atoms with Gasteiger partial charge in [-0.15, -0.1) is 0 Å². The van der Waals surface area contributed by atoms with E-state index < -0.39 is 0 Å². The lowest BCUT2D eigenvalue weighted by molar-refractivity contribution is 1.10. The number of hydrogen-bond acceptors (Lipinski definition) is 3. The van der Waals surface area contributed by atoms with Crippen LogP contribution in [0.25, 0.3) is 11.0 Å². The van der Waals surface area contributed by atoms with Gasteiger partial charge < -0.3 is 10.3 Å². The number of hydrogen-bond donors (Lipinski definition) is 2. The fraction of sp³-hybridized carbons (Fsp3) is 0.143. The third-order valence-corrected chi connectivity index (χ3v) is 3.14. The van der Waals surface area contributed by atoms with Crippen LogP contribution in [-0.2, 0) is 6.54 Å². The molecule has 96 valence electrons. The highest BCUT2D eigenvalue weighted by molar-refractivity contribution is 6.30. The van der Waals surface area contributed by atoms with Gasteiger partial charge in [0.15, 0.2) is 0 Å². The van der Waals surface area contributed by atoms with E-state index in [1.54, 1.807) is 6.33 Å². The molecular weight excluding hydrogens is 260 g/mol. The van der Waals surface area contributed by atoms with E-state index in [0.29, 0.717) is 6.54 Å². The summed E-state index contributed by atoms with van der Waals surface area (Å²) in [6, 6.07) is 9.81. The standard InChI is InChI=1S/C14H13ClN4/c1-9-5-12-13(17-8-18-14(12)19-9)16-7-10-3-2-4-11(15)6-10/h2-6,8H,7H2,1H3,(H2,16,17,18,19). The Balaban J connectivity index is 1.85. The van der Waals surface area contributed by atoms with Gasteiger partial charge in [-0.05, 0) is 30.7 Å². The second kappa shape index (κ2) is 4.90. The quantitative estimate of drug-likeness (QED) is 0.767. The molecule has 0 saturated heterocycles. The number of aromatic amines is 1. The van der Waals surface area contributed by atoms with E-state index in [4.69, 9.17) is 11.6 Å². The summed E-state index contributed by atoms with van der Waals surface area (Å²) in [5, 5.41) is 5.06. The van der Waals surface area contributed by atoms with Gasteiger partial charge >= 0.3 is 0 Å². The molecule has 1 aromatic carbocycles. The minimum Gasteiger partial charge on any atom is -0.365 e. The van der Waals surface area contributed by atoms with Crippen LogP contribution >= 0.6 is 11.6 Å². The highest BCUT2D eigenvalue weighted by Crippen LogP contribution is 2.20. The molecule has 3 aromatic rings. The predicted octanol–water partition coefficient (Wildman–Crippen LogP) is 3.53. The lowest BCUT2D eigenvalue weighted by atomic mass is 10.2. The number of nitrogens with zero attached hydrogens (tertiary/aromatic N) is 2. The van der Waals surface area contributed by atoms with Gasteiger partial charge in [0, 0.05) is 17.3 Å². The minimum absolute atomic E-state index is 0.677. The summed E-state index contributed by atoms with van der Waals surface area (Å²) in [7, 11) is 0. The molecule has 0 amide bonds. The van der Waals surface area contributed by atoms with Crippen LogP contribution in [-0.4, -0.2) is 15.0 Å². The Morgan fingerprint density at radius 1 is 1.26 bits per heavy atom. The number of aryl methyl sites for hydroxylation is 1. The lowest BCUT2D eigenvalue weighted by Crippen LogP contribution is -2.01. The van der Waals surface area contributed by atoms with Crippen LogP contribution in [0.3, 0.4) is 0 Å². The van der Waals surface area contributed by atoms with Crippen molar-refractivity contribution in [3.8, 4) is 0 Å². The van der Waals surface area contributed by atoms with E-state index in [-0.39, 0.29) is 0 Å². The highest BCUT2D eigenvalue weighted by atomic mass is 35.5. The van der Waals surface area contributed by atoms with Gasteiger partial charge in [-0.25, -0.2) is 9.97 Å². The Labute approximate surface area is 115 Å². The number of H-pyrrole nitrogens is 1. The van der Waals surface area contributed by atoms with E-state index in [0.717, 1.165) is 33.1 Å². The van der Waals surface area contributed by atoms with Crippen LogP contribution < -0.4 is 5.32 Å². The average Bonchev–Trinajstić information content (AvgIpc) is 2.77. The lowest BCUT2D eigenvalue weighted by Gasteiger charge is -2.06. The number of halogens is 1. The van der Waals surface area contributed by atoms with Crippen molar-refractivity contribution in [2.24, 2.45) is 0 Å². The normalized spacial score (nSPS) is 10.8. The summed E-state index contributed by atoms with van der Waals surface area (Å²) in [5.41, 5.74) is 3.04. The smallest absolute Gasteiger partial charge is 0.143 e. The monoisotopic (exact) mass is 272 g/mol. The van der Waals surface area contributed by atoms with Gasteiger partial charge in [0.1, 0.15) is 17.8 Å². The minimum atomic E-state index is 0.677. The zero-order valence-corrected chi connectivity index (χ0v) is 11.2. The average molecular weight is 273 g/mol. The summed E-state index contributed by atoms with van der Waals surface area (Å²) >= 11 is 5.97. The number of benzene rings is 1. The number of fused-ring (bicyclic) bond motifs is 1. The maximum atomic E-state index is 5.97. The van der Waals surface area contributed by atoms with Crippen LogP contribution in [0.2, 0.25) is 5.02 Å². The zero-order valence-electron chi connectivity index (χ0n) is 10.4. The molecular formula is C14H13ClN4. The van der Waals surface area contributed by atoms with Crippen molar-refractivity contribution >= 4 is 28.5 Å². The second-order valence-electron chi connectivity index (χ2n) is 4.42. The molecule has 0 unspecified atom stereocenters. The Morgan fingerprint density at radius 2 is 2.16 bits per heavy atom. The summed E-state index contributed by atoms with van der Waals surface area (Å²) in [6.07, 6.45) is 1.55. The van der Waals surface area contributed by atoms with Crippen LogP contribution in [0, 0.1) is 6.92 Å². The SMILES string of the molecule is Cc1cc2c(NCc3cccc(Cl)c3)ncnc2[nH]1. The van der Waals surface area contributed by atoms with Crippen molar-refractivity contribution in [1.82, 2.24) is 15.0 Å². The topological polar surface area (TPSA) is 53.6 Å². The van der Waals surface area contributed by atoms with Crippen molar-refractivity contribution < 1.29 is 0 Å². The van der Waals surface area contributed by atoms with Crippen LogP contribution in [0.4, 0.5) is 5.82 Å². The Hall–Kier alpha value is -2.07. The van der Waals surface area contributed by atoms with Crippen LogP contribution in [0.1, 0.15) is 11.3 Å². The van der Waals surface area contributed by atoms with Crippen molar-refractivity contribution in [3.63, 3.8) is 0 Å². The summed E-state index contributed by atoms with van der Waals surface area (Å²) in [5.74, 6) is 0.828. The molecule has 0 aliphatic rings. The molecule has 0 saturated carbocycles. The Morgan fingerprint density at radius 3 is 3.00 bits per heavy atom. The first-order valence-electron chi connectivity index (χ1n) is 6.01. The molecule has 0 fully saturated rings. The first-order valence-corrected chi connectivity index (χ1v) is 6.39. The number of anilines is 1. The van der Waals surface area contributed by atoms with Crippen LogP contribution in [0.15, 0.2) is 36.7 Å². The molecule has 19 heavy (non-hydrogen) atoms. The Kier molecular flexibility index (Phi) is 3.09. The highest BCUT2D eigenvalue weighted by Gasteiger charge is 2.05.